The number of hydrogen-bond acceptors (Lipinski definition) is 5. The Bertz CT molecular complexity index is 1850. The third kappa shape index (κ3) is 4.33. The van der Waals surface area contributed by atoms with Crippen molar-refractivity contribution in [1.82, 2.24) is 4.90 Å². The van der Waals surface area contributed by atoms with Crippen LogP contribution in [0.5, 0.6) is 0 Å². The summed E-state index contributed by atoms with van der Waals surface area (Å²) in [6, 6.07) is 20.8. The number of carbonyl (C=O) groups excluding carboxylic acids is 3. The van der Waals surface area contributed by atoms with Crippen LogP contribution < -0.4 is 0 Å². The number of amides is 1. The van der Waals surface area contributed by atoms with Crippen molar-refractivity contribution in [3.05, 3.63) is 100 Å². The molecule has 0 unspecified atom stereocenters. The zero-order chi connectivity index (χ0) is 32.0. The van der Waals surface area contributed by atoms with Crippen molar-refractivity contribution in [3.63, 3.8) is 0 Å². The average molecular weight is 620 g/mol. The number of aliphatic carboxylic acids is 1. The molecule has 1 amide bonds. The maximum Gasteiger partial charge on any atom is 0.352 e. The fourth-order valence-electron chi connectivity index (χ4n) is 8.76. The Labute approximate surface area is 267 Å². The molecule has 3 aromatic carbocycles. The van der Waals surface area contributed by atoms with Crippen LogP contribution >= 0.6 is 0 Å². The number of β-lactam (4-membered cyclic amide) rings is 1. The Morgan fingerprint density at radius 3 is 2.20 bits per heavy atom. The van der Waals surface area contributed by atoms with Gasteiger partial charge in [0.05, 0.1) is 18.1 Å². The fourth-order valence-corrected chi connectivity index (χ4v) is 8.76. The molecule has 5 heterocycles. The quantitative estimate of drug-likeness (QED) is 0.178. The first kappa shape index (κ1) is 29.0. The molecule has 6 aliphatic rings. The van der Waals surface area contributed by atoms with Gasteiger partial charge in [0.2, 0.25) is 11.7 Å². The number of aliphatic hydroxyl groups is 1. The maximum absolute atomic E-state index is 13.6. The summed E-state index contributed by atoms with van der Waals surface area (Å²) in [5, 5.41) is 20.1. The van der Waals surface area contributed by atoms with Crippen molar-refractivity contribution in [2.75, 3.05) is 45.8 Å². The van der Waals surface area contributed by atoms with Gasteiger partial charge in [-0.2, -0.15) is 0 Å². The SMILES string of the molecule is C[C@@H](O)[C@H]1C(=O)N2C(C(=O)O)=C(c3ccc4c(c3)-c3ccc(C[N+]56CC[N+](CC(=O)c7ccccc7)(CC5)CC6)cc3C4=O)C[C@H]12. The van der Waals surface area contributed by atoms with Crippen LogP contribution in [0, 0.1) is 5.92 Å². The van der Waals surface area contributed by atoms with Gasteiger partial charge in [-0.3, -0.25) is 14.4 Å². The average Bonchev–Trinajstić information content (AvgIpc) is 3.54. The fraction of sp³-hybridized carbons (Fsp3) is 0.351. The lowest BCUT2D eigenvalue weighted by Gasteiger charge is -2.55. The maximum atomic E-state index is 13.6. The van der Waals surface area contributed by atoms with Crippen molar-refractivity contribution in [3.8, 4) is 11.1 Å². The molecule has 0 saturated carbocycles. The Morgan fingerprint density at radius 2 is 1.52 bits per heavy atom. The van der Waals surface area contributed by atoms with Crippen LogP contribution in [-0.2, 0) is 16.1 Å². The molecule has 0 aromatic heterocycles. The van der Waals surface area contributed by atoms with Gasteiger partial charge in [0.25, 0.3) is 0 Å². The number of aliphatic hydroxyl groups excluding tert-OH is 1. The van der Waals surface area contributed by atoms with Crippen LogP contribution in [0.1, 0.15) is 50.8 Å². The lowest BCUT2D eigenvalue weighted by Crippen LogP contribution is -2.75. The van der Waals surface area contributed by atoms with Crippen LogP contribution in [0.15, 0.2) is 72.4 Å². The normalized spacial score (nSPS) is 28.1. The largest absolute Gasteiger partial charge is 0.477 e. The van der Waals surface area contributed by atoms with Crippen molar-refractivity contribution in [2.24, 2.45) is 5.92 Å². The molecule has 3 atom stereocenters. The number of quaternary nitrogens is 2. The molecule has 9 rings (SSSR count). The molecule has 1 aliphatic carbocycles. The first-order valence-corrected chi connectivity index (χ1v) is 16.2. The van der Waals surface area contributed by atoms with E-state index >= 15 is 0 Å². The molecule has 9 nitrogen and oxygen atoms in total. The summed E-state index contributed by atoms with van der Waals surface area (Å²) in [6.07, 6.45) is -0.505. The Morgan fingerprint density at radius 1 is 0.848 bits per heavy atom. The molecule has 9 heteroatoms. The van der Waals surface area contributed by atoms with Crippen LogP contribution in [-0.4, -0.2) is 105 Å². The van der Waals surface area contributed by atoms with Crippen LogP contribution in [0.25, 0.3) is 16.7 Å². The zero-order valence-electron chi connectivity index (χ0n) is 25.8. The Balaban J connectivity index is 1.01. The summed E-state index contributed by atoms with van der Waals surface area (Å²) in [5.41, 5.74) is 6.01. The molecule has 3 aromatic rings. The predicted octanol–water partition coefficient (Wildman–Crippen LogP) is 3.35. The molecular formula is C37H37N3O6+2. The minimum Gasteiger partial charge on any atom is -0.477 e. The van der Waals surface area contributed by atoms with Gasteiger partial charge in [0, 0.05) is 22.3 Å². The zero-order valence-corrected chi connectivity index (χ0v) is 25.8. The Kier molecular flexibility index (Phi) is 6.48. The first-order valence-electron chi connectivity index (χ1n) is 16.2. The molecule has 4 fully saturated rings. The van der Waals surface area contributed by atoms with Crippen LogP contribution in [0.3, 0.4) is 0 Å². The van der Waals surface area contributed by atoms with E-state index in [0.717, 1.165) is 77.0 Å². The number of nitrogens with zero attached hydrogens (tertiary/aromatic N) is 3. The highest BCUT2D eigenvalue weighted by molar-refractivity contribution is 6.22. The monoisotopic (exact) mass is 619 g/mol. The lowest BCUT2D eigenvalue weighted by molar-refractivity contribution is -1.08. The number of rotatable bonds is 8. The summed E-state index contributed by atoms with van der Waals surface area (Å²) in [5.74, 6) is -1.95. The molecule has 4 saturated heterocycles. The van der Waals surface area contributed by atoms with E-state index in [4.69, 9.17) is 0 Å². The minimum atomic E-state index is -1.17. The second kappa shape index (κ2) is 10.3. The summed E-state index contributed by atoms with van der Waals surface area (Å²) < 4.78 is 1.83. The Hall–Kier alpha value is -4.44. The van der Waals surface area contributed by atoms with E-state index in [9.17, 15) is 29.4 Å². The summed E-state index contributed by atoms with van der Waals surface area (Å²) >= 11 is 0. The standard InChI is InChI=1S/C37H36N3O6/c1-22(41)33-31-19-28(34(37(45)46)38(31)36(33)44)25-8-10-27-29(18-25)26-9-7-23(17-30(26)35(27)43)20-39-11-14-40(15-12-39,16-13-39)21-32(42)24-5-3-2-4-6-24/h2-10,17-18,22,31,33,41H,11-16,19-21H2,1H3/q+1/p+1/t22-,31-,33-,39?,40?/m1/s1. The van der Waals surface area contributed by atoms with Crippen LogP contribution in [0.2, 0.25) is 0 Å². The number of piperazine rings is 3. The van der Waals surface area contributed by atoms with Gasteiger partial charge in [0.1, 0.15) is 58.1 Å². The van der Waals surface area contributed by atoms with E-state index < -0.39 is 18.0 Å². The summed E-state index contributed by atoms with van der Waals surface area (Å²) in [6.45, 7) is 8.92. The highest BCUT2D eigenvalue weighted by Crippen LogP contribution is 2.48. The summed E-state index contributed by atoms with van der Waals surface area (Å²) in [7, 11) is 0. The minimum absolute atomic E-state index is 0.0298. The third-order valence-electron chi connectivity index (χ3n) is 11.4. The van der Waals surface area contributed by atoms with E-state index in [0.29, 0.717) is 35.2 Å². The van der Waals surface area contributed by atoms with Crippen molar-refractivity contribution in [1.29, 1.82) is 0 Å². The second-order valence-electron chi connectivity index (χ2n) is 14.0. The van der Waals surface area contributed by atoms with Crippen molar-refractivity contribution >= 4 is 29.0 Å². The van der Waals surface area contributed by atoms with E-state index in [1.165, 1.54) is 4.90 Å². The number of benzene rings is 3. The van der Waals surface area contributed by atoms with E-state index in [2.05, 4.69) is 6.07 Å². The van der Waals surface area contributed by atoms with Gasteiger partial charge in [0.15, 0.2) is 5.78 Å². The molecule has 0 radical (unpaired) electrons. The van der Waals surface area contributed by atoms with Crippen LogP contribution in [0.4, 0.5) is 0 Å². The number of Topliss-reactive ketones (excluding diaryl/α,β-unsaturated/α-hetero) is 1. The number of carboxylic acids is 1. The molecule has 2 N–H and O–H groups in total. The van der Waals surface area contributed by atoms with Gasteiger partial charge < -0.3 is 24.1 Å². The van der Waals surface area contributed by atoms with Gasteiger partial charge >= 0.3 is 5.97 Å². The smallest absolute Gasteiger partial charge is 0.352 e. The topological polar surface area (TPSA) is 112 Å². The van der Waals surface area contributed by atoms with E-state index in [1.807, 2.05) is 48.5 Å². The number of carboxylic acid groups (broad SMARTS) is 1. The molecule has 46 heavy (non-hydrogen) atoms. The third-order valence-corrected chi connectivity index (χ3v) is 11.4. The van der Waals surface area contributed by atoms with Gasteiger partial charge in [-0.15, -0.1) is 0 Å². The second-order valence-corrected chi connectivity index (χ2v) is 14.0. The lowest BCUT2D eigenvalue weighted by atomic mass is 9.82. The molecular weight excluding hydrogens is 582 g/mol. The first-order chi connectivity index (χ1) is 22.1. The van der Waals surface area contributed by atoms with E-state index in [1.54, 1.807) is 19.1 Å². The van der Waals surface area contributed by atoms with Gasteiger partial charge in [-0.1, -0.05) is 48.5 Å². The number of fused-ring (bicyclic) bond motifs is 7. The number of ketones is 2. The summed E-state index contributed by atoms with van der Waals surface area (Å²) in [4.78, 5) is 52.9. The molecule has 0 spiro atoms. The molecule has 234 valence electrons. The number of hydrogen-bond donors (Lipinski definition) is 2. The van der Waals surface area contributed by atoms with Crippen molar-refractivity contribution < 1.29 is 38.4 Å². The van der Waals surface area contributed by atoms with Gasteiger partial charge in [-0.25, -0.2) is 4.79 Å². The number of carbonyl (C=O) groups is 4. The molecule has 5 aliphatic heterocycles. The predicted molar refractivity (Wildman–Crippen MR) is 169 cm³/mol. The van der Waals surface area contributed by atoms with Gasteiger partial charge in [-0.05, 0) is 53.8 Å². The molecule has 2 bridgehead atoms. The van der Waals surface area contributed by atoms with Crippen molar-refractivity contribution in [2.45, 2.75) is 32.0 Å². The van der Waals surface area contributed by atoms with E-state index in [-0.39, 0.29) is 29.2 Å². The highest BCUT2D eigenvalue weighted by Gasteiger charge is 2.57. The highest BCUT2D eigenvalue weighted by atomic mass is 16.4.